The normalized spacial score (nSPS) is 15.3. The van der Waals surface area contributed by atoms with Crippen molar-refractivity contribution in [3.8, 4) is 17.6 Å². The van der Waals surface area contributed by atoms with Gasteiger partial charge in [-0.1, -0.05) is 35.6 Å². The summed E-state index contributed by atoms with van der Waals surface area (Å²) in [6.07, 6.45) is 2.63. The molecule has 33 heavy (non-hydrogen) atoms. The molecule has 1 aliphatic rings. The number of hydrogen-bond acceptors (Lipinski definition) is 6. The Morgan fingerprint density at radius 3 is 2.97 bits per heavy atom. The van der Waals surface area contributed by atoms with Crippen LogP contribution in [0.4, 0.5) is 15.9 Å². The van der Waals surface area contributed by atoms with E-state index in [1.807, 2.05) is 12.1 Å². The lowest BCUT2D eigenvalue weighted by Gasteiger charge is -2.11. The number of anilines is 2. The molecule has 1 aliphatic heterocycles. The van der Waals surface area contributed by atoms with E-state index >= 15 is 0 Å². The van der Waals surface area contributed by atoms with Crippen molar-refractivity contribution < 1.29 is 9.13 Å². The minimum atomic E-state index is -0.295. The van der Waals surface area contributed by atoms with E-state index in [0.717, 1.165) is 45.9 Å². The van der Waals surface area contributed by atoms with Crippen molar-refractivity contribution in [3.05, 3.63) is 76.1 Å². The van der Waals surface area contributed by atoms with Crippen LogP contribution in [-0.4, -0.2) is 23.1 Å². The van der Waals surface area contributed by atoms with Gasteiger partial charge in [0.25, 0.3) is 0 Å². The molecular weight excluding hydrogens is 459 g/mol. The Morgan fingerprint density at radius 2 is 2.15 bits per heavy atom. The third-order valence-corrected chi connectivity index (χ3v) is 6.52. The quantitative estimate of drug-likeness (QED) is 0.357. The van der Waals surface area contributed by atoms with Gasteiger partial charge in [-0.3, -0.25) is 0 Å². The van der Waals surface area contributed by atoms with E-state index in [2.05, 4.69) is 32.4 Å². The highest BCUT2D eigenvalue weighted by Gasteiger charge is 2.12. The molecule has 0 saturated carbocycles. The Morgan fingerprint density at radius 1 is 1.21 bits per heavy atom. The minimum absolute atomic E-state index is 0.229. The van der Waals surface area contributed by atoms with E-state index in [1.54, 1.807) is 35.6 Å². The van der Waals surface area contributed by atoms with Crippen LogP contribution in [0.3, 0.4) is 0 Å². The summed E-state index contributed by atoms with van der Waals surface area (Å²) in [5, 5.41) is 8.01. The first-order valence-corrected chi connectivity index (χ1v) is 11.7. The first-order chi connectivity index (χ1) is 16.1. The van der Waals surface area contributed by atoms with Gasteiger partial charge in [0.05, 0.1) is 15.3 Å². The largest absolute Gasteiger partial charge is 0.487 e. The van der Waals surface area contributed by atoms with Gasteiger partial charge in [0.15, 0.2) is 0 Å². The fraction of sp³-hybridized carbons (Fsp3) is 0.200. The third kappa shape index (κ3) is 5.25. The molecule has 1 unspecified atom stereocenters. The molecule has 3 heterocycles. The van der Waals surface area contributed by atoms with Crippen molar-refractivity contribution in [2.24, 2.45) is 5.92 Å². The van der Waals surface area contributed by atoms with Crippen LogP contribution in [0.5, 0.6) is 5.75 Å². The van der Waals surface area contributed by atoms with Crippen molar-refractivity contribution in [3.63, 3.8) is 0 Å². The van der Waals surface area contributed by atoms with E-state index in [0.29, 0.717) is 22.5 Å². The van der Waals surface area contributed by atoms with Gasteiger partial charge < -0.3 is 15.4 Å². The molecule has 0 amide bonds. The molecule has 5 rings (SSSR count). The lowest BCUT2D eigenvalue weighted by atomic mass is 10.1. The van der Waals surface area contributed by atoms with E-state index in [1.165, 1.54) is 18.5 Å². The molecule has 1 atom stereocenters. The van der Waals surface area contributed by atoms with Crippen LogP contribution in [-0.2, 0) is 6.61 Å². The van der Waals surface area contributed by atoms with Crippen molar-refractivity contribution in [2.45, 2.75) is 13.0 Å². The standard InChI is InChI=1S/C25H20ClFN4OS/c26-22-11-19(5-7-23(22)32-14-17-2-1-3-18(27)10-17)31-24-21-12-20(33-25(21)30-15-29-24)6-4-16-8-9-28-13-16/h1-3,5,7,10-12,15-16,28H,8-9,13-14H2,(H,29,30,31). The average molecular weight is 479 g/mol. The Bertz CT molecular complexity index is 1360. The number of hydrogen-bond donors (Lipinski definition) is 2. The Hall–Kier alpha value is -3.18. The fourth-order valence-electron chi connectivity index (χ4n) is 3.59. The Labute approximate surface area is 200 Å². The van der Waals surface area contributed by atoms with Crippen molar-refractivity contribution >= 4 is 44.7 Å². The fourth-order valence-corrected chi connectivity index (χ4v) is 4.68. The van der Waals surface area contributed by atoms with Gasteiger partial charge in [-0.05, 0) is 54.9 Å². The highest BCUT2D eigenvalue weighted by atomic mass is 35.5. The van der Waals surface area contributed by atoms with E-state index in [-0.39, 0.29) is 12.4 Å². The number of nitrogens with zero attached hydrogens (tertiary/aromatic N) is 2. The molecule has 166 valence electrons. The molecule has 0 spiro atoms. The number of thiophene rings is 1. The van der Waals surface area contributed by atoms with Crippen molar-refractivity contribution in [1.82, 2.24) is 15.3 Å². The smallest absolute Gasteiger partial charge is 0.142 e. The van der Waals surface area contributed by atoms with Gasteiger partial charge in [-0.15, -0.1) is 11.3 Å². The van der Waals surface area contributed by atoms with Gasteiger partial charge in [-0.2, -0.15) is 0 Å². The molecular formula is C25H20ClFN4OS. The topological polar surface area (TPSA) is 59.1 Å². The Balaban J connectivity index is 1.31. The molecule has 4 aromatic rings. The summed E-state index contributed by atoms with van der Waals surface area (Å²) in [5.41, 5.74) is 1.51. The number of aromatic nitrogens is 2. The molecule has 5 nitrogen and oxygen atoms in total. The summed E-state index contributed by atoms with van der Waals surface area (Å²) < 4.78 is 19.1. The number of ether oxygens (including phenoxy) is 1. The third-order valence-electron chi connectivity index (χ3n) is 5.27. The van der Waals surface area contributed by atoms with Gasteiger partial charge in [0.1, 0.15) is 35.1 Å². The van der Waals surface area contributed by atoms with Crippen LogP contribution in [0, 0.1) is 23.6 Å². The summed E-state index contributed by atoms with van der Waals surface area (Å²) in [6, 6.07) is 13.7. The predicted molar refractivity (Wildman–Crippen MR) is 131 cm³/mol. The van der Waals surface area contributed by atoms with E-state index in [9.17, 15) is 4.39 Å². The average Bonchev–Trinajstić information content (AvgIpc) is 3.47. The maximum Gasteiger partial charge on any atom is 0.142 e. The van der Waals surface area contributed by atoms with E-state index < -0.39 is 0 Å². The zero-order valence-corrected chi connectivity index (χ0v) is 19.1. The number of rotatable bonds is 5. The van der Waals surface area contributed by atoms with Crippen molar-refractivity contribution in [1.29, 1.82) is 0 Å². The van der Waals surface area contributed by atoms with Crippen LogP contribution in [0.25, 0.3) is 10.2 Å². The summed E-state index contributed by atoms with van der Waals surface area (Å²) in [7, 11) is 0. The second-order valence-corrected chi connectivity index (χ2v) is 9.14. The number of benzene rings is 2. The van der Waals surface area contributed by atoms with Gasteiger partial charge in [0, 0.05) is 18.2 Å². The van der Waals surface area contributed by atoms with Crippen LogP contribution in [0.15, 0.2) is 54.9 Å². The highest BCUT2D eigenvalue weighted by molar-refractivity contribution is 7.19. The molecule has 2 N–H and O–H groups in total. The van der Waals surface area contributed by atoms with Crippen LogP contribution in [0.1, 0.15) is 16.9 Å². The molecule has 8 heteroatoms. The molecule has 1 saturated heterocycles. The second kappa shape index (κ2) is 9.75. The lowest BCUT2D eigenvalue weighted by molar-refractivity contribution is 0.306. The number of fused-ring (bicyclic) bond motifs is 1. The molecule has 0 bridgehead atoms. The van der Waals surface area contributed by atoms with Gasteiger partial charge >= 0.3 is 0 Å². The lowest BCUT2D eigenvalue weighted by Crippen LogP contribution is -2.07. The van der Waals surface area contributed by atoms with Gasteiger partial charge in [-0.25, -0.2) is 14.4 Å². The second-order valence-electron chi connectivity index (χ2n) is 7.70. The predicted octanol–water partition coefficient (Wildman–Crippen LogP) is 5.77. The molecule has 0 radical (unpaired) electrons. The van der Waals surface area contributed by atoms with Crippen molar-refractivity contribution in [2.75, 3.05) is 18.4 Å². The first-order valence-electron chi connectivity index (χ1n) is 10.5. The molecule has 2 aromatic heterocycles. The maximum atomic E-state index is 13.3. The van der Waals surface area contributed by atoms with Crippen LogP contribution < -0.4 is 15.4 Å². The van der Waals surface area contributed by atoms with Crippen LogP contribution in [0.2, 0.25) is 5.02 Å². The highest BCUT2D eigenvalue weighted by Crippen LogP contribution is 2.33. The van der Waals surface area contributed by atoms with Gasteiger partial charge in [0.2, 0.25) is 0 Å². The number of halogens is 2. The summed E-state index contributed by atoms with van der Waals surface area (Å²) >= 11 is 7.98. The zero-order valence-electron chi connectivity index (χ0n) is 17.6. The number of nitrogens with one attached hydrogen (secondary N) is 2. The zero-order chi connectivity index (χ0) is 22.6. The van der Waals surface area contributed by atoms with Crippen LogP contribution >= 0.6 is 22.9 Å². The molecule has 1 fully saturated rings. The monoisotopic (exact) mass is 478 g/mol. The summed E-state index contributed by atoms with van der Waals surface area (Å²) in [5.74, 6) is 7.96. The summed E-state index contributed by atoms with van der Waals surface area (Å²) in [4.78, 5) is 10.6. The minimum Gasteiger partial charge on any atom is -0.487 e. The van der Waals surface area contributed by atoms with E-state index in [4.69, 9.17) is 16.3 Å². The maximum absolute atomic E-state index is 13.3. The SMILES string of the molecule is Fc1cccc(COc2ccc(Nc3ncnc4sc(C#CC5CCNC5)cc34)cc2Cl)c1. The molecule has 0 aliphatic carbocycles. The molecule has 2 aromatic carbocycles. The summed E-state index contributed by atoms with van der Waals surface area (Å²) in [6.45, 7) is 2.21. The first kappa shape index (κ1) is 21.7. The Kier molecular flexibility index (Phi) is 6.40.